The smallest absolute Gasteiger partial charge is 0.309 e. The van der Waals surface area contributed by atoms with E-state index < -0.39 is 11.8 Å². The van der Waals surface area contributed by atoms with Gasteiger partial charge >= 0.3 is 11.8 Å². The molecule has 2 amide bonds. The van der Waals surface area contributed by atoms with Crippen molar-refractivity contribution in [2.45, 2.75) is 32.1 Å². The monoisotopic (exact) mass is 347 g/mol. The summed E-state index contributed by atoms with van der Waals surface area (Å²) in [4.78, 5) is 25.6. The van der Waals surface area contributed by atoms with Gasteiger partial charge in [0.05, 0.1) is 6.61 Å². The maximum atomic E-state index is 11.6. The third kappa shape index (κ3) is 6.74. The van der Waals surface area contributed by atoms with Gasteiger partial charge in [0, 0.05) is 39.0 Å². The molecule has 1 aliphatic heterocycles. The second-order valence-corrected chi connectivity index (χ2v) is 6.32. The number of anilines is 1. The predicted molar refractivity (Wildman–Crippen MR) is 98.7 cm³/mol. The maximum Gasteiger partial charge on any atom is 0.309 e. The first-order chi connectivity index (χ1) is 12.2. The molecule has 0 aromatic heterocycles. The Labute approximate surface area is 149 Å². The Morgan fingerprint density at radius 1 is 0.960 bits per heavy atom. The van der Waals surface area contributed by atoms with Gasteiger partial charge in [-0.05, 0) is 37.0 Å². The van der Waals surface area contributed by atoms with Gasteiger partial charge in [0.2, 0.25) is 0 Å². The largest absolute Gasteiger partial charge is 0.383 e. The van der Waals surface area contributed by atoms with Crippen molar-refractivity contribution in [3.05, 3.63) is 29.8 Å². The lowest BCUT2D eigenvalue weighted by Gasteiger charge is -2.22. The molecular weight excluding hydrogens is 318 g/mol. The lowest BCUT2D eigenvalue weighted by Crippen LogP contribution is -2.41. The molecule has 0 atom stereocenters. The SMILES string of the molecule is COCCNC(=O)C(=O)NCCc1ccc(N2CCCCCC2)cc1. The first-order valence-corrected chi connectivity index (χ1v) is 9.09. The molecule has 0 saturated carbocycles. The fraction of sp³-hybridized carbons (Fsp3) is 0.579. The Hall–Kier alpha value is -2.08. The standard InChI is InChI=1S/C19H29N3O3/c1-25-15-12-21-19(24)18(23)20-11-10-16-6-8-17(9-7-16)22-13-4-2-3-5-14-22/h6-9H,2-5,10-15H2,1H3,(H,20,23)(H,21,24). The molecule has 1 aromatic carbocycles. The lowest BCUT2D eigenvalue weighted by molar-refractivity contribution is -0.139. The number of carbonyl (C=O) groups excluding carboxylic acids is 2. The van der Waals surface area contributed by atoms with E-state index in [1.807, 2.05) is 0 Å². The summed E-state index contributed by atoms with van der Waals surface area (Å²) in [6, 6.07) is 8.51. The second kappa shape index (κ2) is 10.7. The molecule has 0 aliphatic carbocycles. The molecule has 6 heteroatoms. The number of methoxy groups -OCH3 is 1. The summed E-state index contributed by atoms with van der Waals surface area (Å²) in [5, 5.41) is 5.14. The van der Waals surface area contributed by atoms with Gasteiger partial charge in [-0.2, -0.15) is 0 Å². The molecular formula is C19H29N3O3. The van der Waals surface area contributed by atoms with Gasteiger partial charge in [0.1, 0.15) is 0 Å². The number of benzene rings is 1. The van der Waals surface area contributed by atoms with Crippen LogP contribution in [0.4, 0.5) is 5.69 Å². The zero-order valence-electron chi connectivity index (χ0n) is 15.1. The van der Waals surface area contributed by atoms with Crippen LogP contribution in [-0.2, 0) is 20.7 Å². The number of carbonyl (C=O) groups is 2. The third-order valence-corrected chi connectivity index (χ3v) is 4.40. The number of hydrogen-bond acceptors (Lipinski definition) is 4. The number of ether oxygens (including phenoxy) is 1. The van der Waals surface area contributed by atoms with Crippen LogP contribution in [0.25, 0.3) is 0 Å². The highest BCUT2D eigenvalue weighted by Crippen LogP contribution is 2.20. The predicted octanol–water partition coefficient (Wildman–Crippen LogP) is 1.49. The fourth-order valence-electron chi connectivity index (χ4n) is 2.95. The van der Waals surface area contributed by atoms with Gasteiger partial charge in [-0.1, -0.05) is 25.0 Å². The average Bonchev–Trinajstić information content (AvgIpc) is 2.92. The van der Waals surface area contributed by atoms with Crippen molar-refractivity contribution in [2.75, 3.05) is 44.8 Å². The van der Waals surface area contributed by atoms with E-state index in [1.165, 1.54) is 31.4 Å². The first kappa shape index (κ1) is 19.2. The molecule has 0 spiro atoms. The molecule has 25 heavy (non-hydrogen) atoms. The van der Waals surface area contributed by atoms with E-state index in [0.29, 0.717) is 26.1 Å². The molecule has 1 saturated heterocycles. The summed E-state index contributed by atoms with van der Waals surface area (Å²) >= 11 is 0. The van der Waals surface area contributed by atoms with Crippen molar-refractivity contribution in [3.8, 4) is 0 Å². The summed E-state index contributed by atoms with van der Waals surface area (Å²) in [7, 11) is 1.55. The third-order valence-electron chi connectivity index (χ3n) is 4.40. The summed E-state index contributed by atoms with van der Waals surface area (Å²) in [6.07, 6.45) is 5.89. The first-order valence-electron chi connectivity index (χ1n) is 9.09. The molecule has 6 nitrogen and oxygen atoms in total. The summed E-state index contributed by atoms with van der Waals surface area (Å²) < 4.78 is 4.82. The molecule has 2 rings (SSSR count). The Morgan fingerprint density at radius 2 is 1.56 bits per heavy atom. The highest BCUT2D eigenvalue weighted by Gasteiger charge is 2.12. The fourth-order valence-corrected chi connectivity index (χ4v) is 2.95. The van der Waals surface area contributed by atoms with Crippen molar-refractivity contribution < 1.29 is 14.3 Å². The van der Waals surface area contributed by atoms with Gasteiger partial charge in [0.15, 0.2) is 0 Å². The topological polar surface area (TPSA) is 70.7 Å². The quantitative estimate of drug-likeness (QED) is 0.579. The lowest BCUT2D eigenvalue weighted by atomic mass is 10.1. The van der Waals surface area contributed by atoms with E-state index in [2.05, 4.69) is 39.8 Å². The van der Waals surface area contributed by atoms with Gasteiger partial charge < -0.3 is 20.3 Å². The van der Waals surface area contributed by atoms with Crippen molar-refractivity contribution in [2.24, 2.45) is 0 Å². The number of amides is 2. The minimum atomic E-state index is -0.617. The minimum absolute atomic E-state index is 0.334. The maximum absolute atomic E-state index is 11.6. The average molecular weight is 347 g/mol. The summed E-state index contributed by atoms with van der Waals surface area (Å²) in [6.45, 7) is 3.43. The molecule has 1 aliphatic rings. The van der Waals surface area contributed by atoms with Crippen molar-refractivity contribution in [1.29, 1.82) is 0 Å². The second-order valence-electron chi connectivity index (χ2n) is 6.32. The van der Waals surface area contributed by atoms with E-state index in [-0.39, 0.29) is 0 Å². The van der Waals surface area contributed by atoms with Gasteiger partial charge in [-0.25, -0.2) is 0 Å². The molecule has 2 N–H and O–H groups in total. The molecule has 0 bridgehead atoms. The van der Waals surface area contributed by atoms with Crippen LogP contribution in [0, 0.1) is 0 Å². The Morgan fingerprint density at radius 3 is 2.16 bits per heavy atom. The van der Waals surface area contributed by atoms with Crippen molar-refractivity contribution >= 4 is 17.5 Å². The molecule has 1 aromatic rings. The zero-order valence-corrected chi connectivity index (χ0v) is 15.1. The minimum Gasteiger partial charge on any atom is -0.383 e. The summed E-state index contributed by atoms with van der Waals surface area (Å²) in [5.74, 6) is -1.22. The van der Waals surface area contributed by atoms with Crippen LogP contribution in [0.2, 0.25) is 0 Å². The van der Waals surface area contributed by atoms with Crippen LogP contribution < -0.4 is 15.5 Å². The van der Waals surface area contributed by atoms with Crippen molar-refractivity contribution in [3.63, 3.8) is 0 Å². The van der Waals surface area contributed by atoms with Gasteiger partial charge in [-0.3, -0.25) is 9.59 Å². The van der Waals surface area contributed by atoms with Gasteiger partial charge in [0.25, 0.3) is 0 Å². The normalized spacial score (nSPS) is 14.7. The van der Waals surface area contributed by atoms with Gasteiger partial charge in [-0.15, -0.1) is 0 Å². The number of nitrogens with zero attached hydrogens (tertiary/aromatic N) is 1. The molecule has 0 unspecified atom stereocenters. The van der Waals surface area contributed by atoms with E-state index in [9.17, 15) is 9.59 Å². The Kier molecular flexibility index (Phi) is 8.25. The number of nitrogens with one attached hydrogen (secondary N) is 2. The molecule has 138 valence electrons. The highest BCUT2D eigenvalue weighted by atomic mass is 16.5. The number of rotatable bonds is 7. The van der Waals surface area contributed by atoms with Crippen molar-refractivity contribution in [1.82, 2.24) is 10.6 Å². The van der Waals surface area contributed by atoms with E-state index >= 15 is 0 Å². The Balaban J connectivity index is 1.72. The van der Waals surface area contributed by atoms with E-state index in [0.717, 1.165) is 18.7 Å². The van der Waals surface area contributed by atoms with Crippen LogP contribution in [-0.4, -0.2) is 51.7 Å². The molecule has 1 fully saturated rings. The Bertz CT molecular complexity index is 537. The molecule has 1 heterocycles. The van der Waals surface area contributed by atoms with Crippen LogP contribution in [0.15, 0.2) is 24.3 Å². The van der Waals surface area contributed by atoms with Crippen LogP contribution in [0.1, 0.15) is 31.2 Å². The number of hydrogen-bond donors (Lipinski definition) is 2. The summed E-state index contributed by atoms with van der Waals surface area (Å²) in [5.41, 5.74) is 2.42. The highest BCUT2D eigenvalue weighted by molar-refractivity contribution is 6.35. The zero-order chi connectivity index (χ0) is 17.9. The van der Waals surface area contributed by atoms with Crippen LogP contribution in [0.5, 0.6) is 0 Å². The van der Waals surface area contributed by atoms with E-state index in [1.54, 1.807) is 7.11 Å². The molecule has 0 radical (unpaired) electrons. The van der Waals surface area contributed by atoms with Crippen LogP contribution >= 0.6 is 0 Å². The van der Waals surface area contributed by atoms with Crippen LogP contribution in [0.3, 0.4) is 0 Å². The van der Waals surface area contributed by atoms with E-state index in [4.69, 9.17) is 4.74 Å².